The Morgan fingerprint density at radius 1 is 1.38 bits per heavy atom. The van der Waals surface area contributed by atoms with Crippen molar-refractivity contribution in [1.29, 1.82) is 0 Å². The maximum absolute atomic E-state index is 12.8. The zero-order valence-electron chi connectivity index (χ0n) is 17.1. The molecule has 0 amide bonds. The van der Waals surface area contributed by atoms with Crippen molar-refractivity contribution < 1.29 is 34.7 Å². The maximum Gasteiger partial charge on any atom is 0.334 e. The zero-order chi connectivity index (χ0) is 21.4. The van der Waals surface area contributed by atoms with Gasteiger partial charge in [0.1, 0.15) is 5.60 Å². The molecule has 4 aliphatic rings. The summed E-state index contributed by atoms with van der Waals surface area (Å²) in [6, 6.07) is 0. The summed E-state index contributed by atoms with van der Waals surface area (Å²) in [5.41, 5.74) is -1.03. The number of carbonyl (C=O) groups excluding carboxylic acids is 1. The first-order chi connectivity index (χ1) is 13.5. The minimum atomic E-state index is -1.67. The highest BCUT2D eigenvalue weighted by molar-refractivity contribution is 5.90. The summed E-state index contributed by atoms with van der Waals surface area (Å²) in [7, 11) is 0. The van der Waals surface area contributed by atoms with E-state index in [9.17, 15) is 25.2 Å². The second-order valence-electron chi connectivity index (χ2n) is 9.23. The van der Waals surface area contributed by atoms with Crippen LogP contribution in [-0.2, 0) is 14.3 Å². The monoisotopic (exact) mass is 406 g/mol. The Kier molecular flexibility index (Phi) is 4.65. The van der Waals surface area contributed by atoms with E-state index < -0.39 is 46.8 Å². The smallest absolute Gasteiger partial charge is 0.334 e. The SMILES string of the molecule is C=C(C)C1CC2(O)OC3(C=C2CO)C1C=C(C(=O)OCC)C1C(O)CC(C)(O)C13. The van der Waals surface area contributed by atoms with Gasteiger partial charge in [-0.1, -0.05) is 18.2 Å². The van der Waals surface area contributed by atoms with Gasteiger partial charge in [-0.25, -0.2) is 4.79 Å². The van der Waals surface area contributed by atoms with Crippen molar-refractivity contribution in [2.24, 2.45) is 23.7 Å². The lowest BCUT2D eigenvalue weighted by atomic mass is 9.57. The minimum Gasteiger partial charge on any atom is -0.463 e. The molecule has 2 aliphatic heterocycles. The number of allylic oxidation sites excluding steroid dienone is 1. The van der Waals surface area contributed by atoms with Crippen LogP contribution in [0.3, 0.4) is 0 Å². The van der Waals surface area contributed by atoms with Crippen LogP contribution in [0.1, 0.15) is 33.6 Å². The average molecular weight is 406 g/mol. The molecule has 0 aromatic rings. The molecule has 160 valence electrons. The molecule has 4 rings (SSSR count). The summed E-state index contributed by atoms with van der Waals surface area (Å²) in [6.07, 6.45) is 2.78. The van der Waals surface area contributed by atoms with Gasteiger partial charge < -0.3 is 29.9 Å². The van der Waals surface area contributed by atoms with Crippen LogP contribution in [0.2, 0.25) is 0 Å². The molecule has 2 aliphatic carbocycles. The predicted molar refractivity (Wildman–Crippen MR) is 103 cm³/mol. The third-order valence-corrected chi connectivity index (χ3v) is 7.28. The van der Waals surface area contributed by atoms with Crippen molar-refractivity contribution in [1.82, 2.24) is 0 Å². The summed E-state index contributed by atoms with van der Waals surface area (Å²) >= 11 is 0. The van der Waals surface area contributed by atoms with Crippen LogP contribution in [0.4, 0.5) is 0 Å². The quantitative estimate of drug-likeness (QED) is 0.404. The summed E-state index contributed by atoms with van der Waals surface area (Å²) in [5.74, 6) is -4.23. The number of aliphatic hydroxyl groups is 4. The largest absolute Gasteiger partial charge is 0.463 e. The highest BCUT2D eigenvalue weighted by Crippen LogP contribution is 2.65. The number of rotatable bonds is 4. The predicted octanol–water partition coefficient (Wildman–Crippen LogP) is 0.826. The second kappa shape index (κ2) is 6.49. The van der Waals surface area contributed by atoms with Crippen molar-refractivity contribution >= 4 is 5.97 Å². The van der Waals surface area contributed by atoms with Gasteiger partial charge in [0.2, 0.25) is 0 Å². The van der Waals surface area contributed by atoms with Crippen LogP contribution in [-0.4, -0.2) is 62.7 Å². The lowest BCUT2D eigenvalue weighted by molar-refractivity contribution is -0.292. The van der Waals surface area contributed by atoms with Gasteiger partial charge in [0, 0.05) is 41.7 Å². The van der Waals surface area contributed by atoms with Crippen LogP contribution in [0.25, 0.3) is 0 Å². The van der Waals surface area contributed by atoms with Crippen molar-refractivity contribution in [2.75, 3.05) is 13.2 Å². The van der Waals surface area contributed by atoms with Gasteiger partial charge in [0.15, 0.2) is 5.79 Å². The van der Waals surface area contributed by atoms with Gasteiger partial charge in [-0.15, -0.1) is 0 Å². The Labute approximate surface area is 170 Å². The number of aliphatic hydroxyl groups excluding tert-OH is 2. The van der Waals surface area contributed by atoms with Gasteiger partial charge in [0.25, 0.3) is 0 Å². The Balaban J connectivity index is 1.96. The van der Waals surface area contributed by atoms with Crippen molar-refractivity contribution in [3.63, 3.8) is 0 Å². The van der Waals surface area contributed by atoms with Crippen molar-refractivity contribution in [3.8, 4) is 0 Å². The van der Waals surface area contributed by atoms with E-state index in [2.05, 4.69) is 6.58 Å². The van der Waals surface area contributed by atoms with Crippen LogP contribution >= 0.6 is 0 Å². The molecule has 29 heavy (non-hydrogen) atoms. The Morgan fingerprint density at radius 3 is 2.66 bits per heavy atom. The normalized spacial score (nSPS) is 47.8. The molecule has 1 saturated carbocycles. The fourth-order valence-electron chi connectivity index (χ4n) is 6.27. The van der Waals surface area contributed by atoms with Gasteiger partial charge >= 0.3 is 5.97 Å². The highest BCUT2D eigenvalue weighted by Gasteiger charge is 2.71. The third kappa shape index (κ3) is 2.72. The molecule has 1 spiro atoms. The highest BCUT2D eigenvalue weighted by atomic mass is 16.6. The van der Waals surface area contributed by atoms with E-state index in [4.69, 9.17) is 9.47 Å². The molecule has 0 aromatic carbocycles. The van der Waals surface area contributed by atoms with E-state index in [1.165, 1.54) is 0 Å². The maximum atomic E-state index is 12.8. The van der Waals surface area contributed by atoms with E-state index in [0.717, 1.165) is 5.57 Å². The number of esters is 1. The van der Waals surface area contributed by atoms with E-state index >= 15 is 0 Å². The Hall–Kier alpha value is -1.51. The molecule has 0 aromatic heterocycles. The molecular formula is C22H30O7. The van der Waals surface area contributed by atoms with Gasteiger partial charge in [-0.2, -0.15) is 0 Å². The minimum absolute atomic E-state index is 0.0649. The van der Waals surface area contributed by atoms with Crippen LogP contribution in [0.15, 0.2) is 35.5 Å². The number of fused-ring (bicyclic) bond motifs is 2. The van der Waals surface area contributed by atoms with E-state index in [0.29, 0.717) is 11.1 Å². The Bertz CT molecular complexity index is 812. The number of hydrogen-bond acceptors (Lipinski definition) is 7. The molecule has 2 bridgehead atoms. The van der Waals surface area contributed by atoms with Crippen molar-refractivity contribution in [2.45, 2.75) is 56.7 Å². The third-order valence-electron chi connectivity index (χ3n) is 7.28. The van der Waals surface area contributed by atoms with Crippen LogP contribution < -0.4 is 0 Å². The van der Waals surface area contributed by atoms with E-state index in [1.54, 1.807) is 26.0 Å². The first kappa shape index (κ1) is 20.8. The van der Waals surface area contributed by atoms with Gasteiger partial charge in [0.05, 0.1) is 24.9 Å². The molecule has 8 unspecified atom stereocenters. The first-order valence-corrected chi connectivity index (χ1v) is 10.2. The van der Waals surface area contributed by atoms with Gasteiger partial charge in [-0.05, 0) is 32.8 Å². The molecular weight excluding hydrogens is 376 g/mol. The zero-order valence-corrected chi connectivity index (χ0v) is 17.1. The summed E-state index contributed by atoms with van der Waals surface area (Å²) in [4.78, 5) is 12.8. The molecule has 1 saturated heterocycles. The molecule has 8 atom stereocenters. The summed E-state index contributed by atoms with van der Waals surface area (Å²) in [6.45, 7) is 9.09. The average Bonchev–Trinajstić information content (AvgIpc) is 3.01. The Morgan fingerprint density at radius 2 is 2.07 bits per heavy atom. The number of ether oxygens (including phenoxy) is 2. The molecule has 2 heterocycles. The van der Waals surface area contributed by atoms with E-state index in [1.807, 2.05) is 6.92 Å². The molecule has 2 fully saturated rings. The lowest BCUT2D eigenvalue weighted by Crippen LogP contribution is -2.63. The standard InChI is InChI=1S/C22H30O7/c1-5-28-19(25)13-6-15-14(11(2)3)8-22(27)12(10-23)7-21(15,29-22)18-17(13)16(24)9-20(18,4)26/h6-7,14-18,23-24,26-27H,2,5,8-10H2,1,3-4H3. The van der Waals surface area contributed by atoms with Crippen LogP contribution in [0.5, 0.6) is 0 Å². The molecule has 7 heteroatoms. The molecule has 0 radical (unpaired) electrons. The fourth-order valence-corrected chi connectivity index (χ4v) is 6.27. The van der Waals surface area contributed by atoms with E-state index in [-0.39, 0.29) is 32.0 Å². The first-order valence-electron chi connectivity index (χ1n) is 10.2. The fraction of sp³-hybridized carbons (Fsp3) is 0.682. The molecule has 4 N–H and O–H groups in total. The summed E-state index contributed by atoms with van der Waals surface area (Å²) < 4.78 is 11.5. The summed E-state index contributed by atoms with van der Waals surface area (Å²) in [5, 5.41) is 43.2. The lowest BCUT2D eigenvalue weighted by Gasteiger charge is -2.56. The number of hydrogen-bond donors (Lipinski definition) is 4. The van der Waals surface area contributed by atoms with Crippen molar-refractivity contribution in [3.05, 3.63) is 35.5 Å². The van der Waals surface area contributed by atoms with Crippen LogP contribution in [0, 0.1) is 23.7 Å². The number of carbonyl (C=O) groups is 1. The molecule has 7 nitrogen and oxygen atoms in total. The topological polar surface area (TPSA) is 116 Å². The second-order valence-corrected chi connectivity index (χ2v) is 9.23. The van der Waals surface area contributed by atoms with Gasteiger partial charge in [-0.3, -0.25) is 0 Å².